The Morgan fingerprint density at radius 1 is 1.25 bits per heavy atom. The van der Waals surface area contributed by atoms with Crippen LogP contribution >= 0.6 is 15.9 Å². The lowest BCUT2D eigenvalue weighted by molar-refractivity contribution is 0.216. The Kier molecular flexibility index (Phi) is 5.76. The Morgan fingerprint density at radius 2 is 1.96 bits per heavy atom. The van der Waals surface area contributed by atoms with Gasteiger partial charge in [0, 0.05) is 12.6 Å². The van der Waals surface area contributed by atoms with Crippen molar-refractivity contribution in [1.29, 1.82) is 0 Å². The smallest absolute Gasteiger partial charge is 0.352 e. The minimum Gasteiger partial charge on any atom is -0.487 e. The molecule has 2 amide bonds. The second-order valence-electron chi connectivity index (χ2n) is 5.34. The number of urea groups is 1. The number of carbonyl (C=O) groups is 1. The average molecular weight is 394 g/mol. The summed E-state index contributed by atoms with van der Waals surface area (Å²) in [4.78, 5) is 16.3. The third kappa shape index (κ3) is 4.02. The van der Waals surface area contributed by atoms with E-state index in [0.29, 0.717) is 11.4 Å². The highest BCUT2D eigenvalue weighted by Crippen LogP contribution is 2.26. The first-order valence-corrected chi connectivity index (χ1v) is 8.02. The fourth-order valence-corrected chi connectivity index (χ4v) is 2.59. The van der Waals surface area contributed by atoms with E-state index in [1.165, 1.54) is 7.05 Å². The number of hydrogen-bond acceptors (Lipinski definition) is 5. The predicted molar refractivity (Wildman–Crippen MR) is 96.2 cm³/mol. The highest BCUT2D eigenvalue weighted by molar-refractivity contribution is 9.10. The number of hydrogen-bond donors (Lipinski definition) is 2. The standard InChI is InChI=1S/C16H20BrN5O2/c1-10-5-4-6-13(22(19)16(23)21(3)18)12(10)9-24-14-7-8-15(17)20-11(14)2/h4-8H,9,18-19H2,1-3H3. The largest absolute Gasteiger partial charge is 0.487 e. The predicted octanol–water partition coefficient (Wildman–Crippen LogP) is 2.65. The minimum absolute atomic E-state index is 0.251. The van der Waals surface area contributed by atoms with Gasteiger partial charge in [0.1, 0.15) is 17.0 Å². The van der Waals surface area contributed by atoms with Gasteiger partial charge in [-0.1, -0.05) is 12.1 Å². The number of aryl methyl sites for hydroxylation is 2. The van der Waals surface area contributed by atoms with Gasteiger partial charge in [0.15, 0.2) is 0 Å². The maximum atomic E-state index is 12.0. The zero-order valence-electron chi connectivity index (χ0n) is 13.8. The second-order valence-corrected chi connectivity index (χ2v) is 6.15. The molecular formula is C16H20BrN5O2. The van der Waals surface area contributed by atoms with E-state index in [4.69, 9.17) is 16.4 Å². The third-order valence-electron chi connectivity index (χ3n) is 3.53. The summed E-state index contributed by atoms with van der Waals surface area (Å²) in [5.41, 5.74) is 3.07. The van der Waals surface area contributed by atoms with Gasteiger partial charge in [0.05, 0.1) is 11.4 Å². The molecule has 2 rings (SSSR count). The van der Waals surface area contributed by atoms with Crippen molar-refractivity contribution in [3.05, 3.63) is 51.8 Å². The second kappa shape index (κ2) is 7.61. The number of halogens is 1. The number of benzene rings is 1. The molecular weight excluding hydrogens is 374 g/mol. The van der Waals surface area contributed by atoms with Gasteiger partial charge < -0.3 is 4.74 Å². The summed E-state index contributed by atoms with van der Waals surface area (Å²) in [7, 11) is 1.44. The number of pyridine rings is 1. The van der Waals surface area contributed by atoms with E-state index in [0.717, 1.165) is 31.4 Å². The van der Waals surface area contributed by atoms with Gasteiger partial charge in [-0.05, 0) is 53.5 Å². The van der Waals surface area contributed by atoms with Crippen molar-refractivity contribution in [3.63, 3.8) is 0 Å². The van der Waals surface area contributed by atoms with Crippen molar-refractivity contribution in [2.75, 3.05) is 12.1 Å². The van der Waals surface area contributed by atoms with Crippen LogP contribution in [-0.4, -0.2) is 23.1 Å². The normalized spacial score (nSPS) is 10.4. The summed E-state index contributed by atoms with van der Waals surface area (Å²) in [6.07, 6.45) is 0. The monoisotopic (exact) mass is 393 g/mol. The summed E-state index contributed by atoms with van der Waals surface area (Å²) in [6.45, 7) is 4.04. The summed E-state index contributed by atoms with van der Waals surface area (Å²) in [5, 5.41) is 1.94. The van der Waals surface area contributed by atoms with Crippen LogP contribution in [0.4, 0.5) is 10.5 Å². The molecule has 1 heterocycles. The number of anilines is 1. The molecule has 0 unspecified atom stereocenters. The van der Waals surface area contributed by atoms with Gasteiger partial charge in [-0.2, -0.15) is 0 Å². The summed E-state index contributed by atoms with van der Waals surface area (Å²) < 4.78 is 6.61. The number of aromatic nitrogens is 1. The molecule has 0 radical (unpaired) electrons. The van der Waals surface area contributed by atoms with Crippen molar-refractivity contribution >= 4 is 27.6 Å². The Morgan fingerprint density at radius 3 is 2.58 bits per heavy atom. The van der Waals surface area contributed by atoms with E-state index in [1.807, 2.05) is 38.1 Å². The summed E-state index contributed by atoms with van der Waals surface area (Å²) >= 11 is 3.32. The lowest BCUT2D eigenvalue weighted by atomic mass is 10.1. The average Bonchev–Trinajstić information content (AvgIpc) is 2.53. The van der Waals surface area contributed by atoms with Crippen molar-refractivity contribution in [1.82, 2.24) is 9.99 Å². The molecule has 0 saturated carbocycles. The van der Waals surface area contributed by atoms with Crippen molar-refractivity contribution < 1.29 is 9.53 Å². The molecule has 0 spiro atoms. The fourth-order valence-electron chi connectivity index (χ4n) is 2.19. The van der Waals surface area contributed by atoms with Crippen LogP contribution in [0, 0.1) is 13.8 Å². The third-order valence-corrected chi connectivity index (χ3v) is 3.97. The molecule has 0 aliphatic carbocycles. The Labute approximate surface area is 149 Å². The molecule has 0 fully saturated rings. The van der Waals surface area contributed by atoms with Gasteiger partial charge >= 0.3 is 6.03 Å². The number of nitrogens with two attached hydrogens (primary N) is 2. The molecule has 0 bridgehead atoms. The fraction of sp³-hybridized carbons (Fsp3) is 0.250. The molecule has 24 heavy (non-hydrogen) atoms. The van der Waals surface area contributed by atoms with Crippen LogP contribution in [0.5, 0.6) is 5.75 Å². The molecule has 8 heteroatoms. The molecule has 1 aromatic carbocycles. The molecule has 0 saturated heterocycles. The number of carbonyl (C=O) groups excluding carboxylic acids is 1. The topological polar surface area (TPSA) is 97.7 Å². The summed E-state index contributed by atoms with van der Waals surface area (Å²) in [5.74, 6) is 12.1. The zero-order chi connectivity index (χ0) is 17.9. The molecule has 2 aromatic rings. The lowest BCUT2D eigenvalue weighted by Gasteiger charge is -2.24. The quantitative estimate of drug-likeness (QED) is 0.360. The van der Waals surface area contributed by atoms with Gasteiger partial charge in [0.25, 0.3) is 0 Å². The minimum atomic E-state index is -0.525. The van der Waals surface area contributed by atoms with Crippen LogP contribution in [0.1, 0.15) is 16.8 Å². The maximum Gasteiger partial charge on any atom is 0.352 e. The zero-order valence-corrected chi connectivity index (χ0v) is 15.4. The van der Waals surface area contributed by atoms with E-state index in [1.54, 1.807) is 6.07 Å². The van der Waals surface area contributed by atoms with Gasteiger partial charge in [-0.25, -0.2) is 26.5 Å². The number of hydrazine groups is 2. The molecule has 0 aliphatic heterocycles. The number of ether oxygens (including phenoxy) is 1. The molecule has 0 atom stereocenters. The van der Waals surface area contributed by atoms with Crippen LogP contribution in [0.3, 0.4) is 0 Å². The van der Waals surface area contributed by atoms with E-state index in [-0.39, 0.29) is 6.61 Å². The van der Waals surface area contributed by atoms with Crippen molar-refractivity contribution in [2.24, 2.45) is 11.7 Å². The first kappa shape index (κ1) is 18.2. The van der Waals surface area contributed by atoms with Crippen LogP contribution in [0.25, 0.3) is 0 Å². The molecule has 128 valence electrons. The Bertz CT molecular complexity index is 751. The maximum absolute atomic E-state index is 12.0. The number of amides is 2. The van der Waals surface area contributed by atoms with Crippen molar-refractivity contribution in [2.45, 2.75) is 20.5 Å². The van der Waals surface area contributed by atoms with E-state index < -0.39 is 6.03 Å². The Balaban J connectivity index is 2.28. The molecule has 4 N–H and O–H groups in total. The molecule has 7 nitrogen and oxygen atoms in total. The van der Waals surface area contributed by atoms with E-state index in [2.05, 4.69) is 20.9 Å². The molecule has 1 aromatic heterocycles. The van der Waals surface area contributed by atoms with E-state index in [9.17, 15) is 4.79 Å². The van der Waals surface area contributed by atoms with Crippen LogP contribution in [0.15, 0.2) is 34.9 Å². The first-order chi connectivity index (χ1) is 11.3. The SMILES string of the molecule is Cc1cccc(N(N)C(=O)N(C)N)c1COc1ccc(Br)nc1C. The number of nitrogens with zero attached hydrogens (tertiary/aromatic N) is 3. The first-order valence-electron chi connectivity index (χ1n) is 7.23. The number of rotatable bonds is 4. The van der Waals surface area contributed by atoms with Crippen LogP contribution in [0.2, 0.25) is 0 Å². The highest BCUT2D eigenvalue weighted by Gasteiger charge is 2.19. The van der Waals surface area contributed by atoms with Gasteiger partial charge in [-0.15, -0.1) is 0 Å². The lowest BCUT2D eigenvalue weighted by Crippen LogP contribution is -2.49. The van der Waals surface area contributed by atoms with E-state index >= 15 is 0 Å². The van der Waals surface area contributed by atoms with Gasteiger partial charge in [-0.3, -0.25) is 5.01 Å². The van der Waals surface area contributed by atoms with Crippen molar-refractivity contribution in [3.8, 4) is 5.75 Å². The Hall–Kier alpha value is -2.16. The highest BCUT2D eigenvalue weighted by atomic mass is 79.9. The molecule has 0 aliphatic rings. The van der Waals surface area contributed by atoms with Crippen LogP contribution in [-0.2, 0) is 6.61 Å². The van der Waals surface area contributed by atoms with Gasteiger partial charge in [0.2, 0.25) is 0 Å². The van der Waals surface area contributed by atoms with Crippen LogP contribution < -0.4 is 21.4 Å². The summed E-state index contributed by atoms with van der Waals surface area (Å²) in [6, 6.07) is 8.62.